The van der Waals surface area contributed by atoms with Crippen LogP contribution in [0, 0.1) is 0 Å². The van der Waals surface area contributed by atoms with E-state index in [0.29, 0.717) is 32.8 Å². The van der Waals surface area contributed by atoms with E-state index in [2.05, 4.69) is 10.00 Å². The second kappa shape index (κ2) is 8.00. The highest BCUT2D eigenvalue weighted by Crippen LogP contribution is 2.26. The lowest BCUT2D eigenvalue weighted by atomic mass is 9.83. The van der Waals surface area contributed by atoms with Gasteiger partial charge in [-0.05, 0) is 19.4 Å². The molecule has 2 aromatic rings. The fourth-order valence-corrected chi connectivity index (χ4v) is 3.47. The molecular weight excluding hydrogens is 387 g/mol. The number of nitrogens with zero attached hydrogens (tertiary/aromatic N) is 4. The van der Waals surface area contributed by atoms with Crippen molar-refractivity contribution >= 4 is 29.1 Å². The van der Waals surface area contributed by atoms with Gasteiger partial charge in [-0.3, -0.25) is 14.5 Å². The number of benzene rings is 1. The van der Waals surface area contributed by atoms with Crippen LogP contribution in [0.25, 0.3) is 0 Å². The maximum absolute atomic E-state index is 13.0. The molecule has 1 aliphatic rings. The van der Waals surface area contributed by atoms with E-state index in [1.807, 2.05) is 49.1 Å². The Morgan fingerprint density at radius 2 is 1.74 bits per heavy atom. The number of rotatable bonds is 4. The van der Waals surface area contributed by atoms with Gasteiger partial charge in [-0.25, -0.2) is 4.68 Å². The lowest BCUT2D eigenvalue weighted by Crippen LogP contribution is -2.53. The van der Waals surface area contributed by atoms with Gasteiger partial charge in [0.05, 0.1) is 23.3 Å². The molecule has 144 valence electrons. The highest BCUT2D eigenvalue weighted by atomic mass is 35.5. The number of halogens is 2. The molecule has 6 nitrogen and oxygen atoms in total. The minimum Gasteiger partial charge on any atom is -0.339 e. The molecule has 0 spiro atoms. The van der Waals surface area contributed by atoms with E-state index < -0.39 is 11.0 Å². The Morgan fingerprint density at radius 1 is 1.11 bits per heavy atom. The van der Waals surface area contributed by atoms with Crippen LogP contribution >= 0.6 is 23.2 Å². The van der Waals surface area contributed by atoms with E-state index in [1.54, 1.807) is 0 Å². The van der Waals surface area contributed by atoms with Gasteiger partial charge in [0, 0.05) is 26.2 Å². The summed E-state index contributed by atoms with van der Waals surface area (Å²) in [5.41, 5.74) is 0.0166. The van der Waals surface area contributed by atoms with Gasteiger partial charge in [0.25, 0.3) is 5.56 Å². The van der Waals surface area contributed by atoms with Crippen molar-refractivity contribution < 1.29 is 4.79 Å². The molecule has 0 N–H and O–H groups in total. The summed E-state index contributed by atoms with van der Waals surface area (Å²) in [7, 11) is 0. The Kier molecular flexibility index (Phi) is 5.89. The van der Waals surface area contributed by atoms with Crippen LogP contribution in [-0.4, -0.2) is 51.7 Å². The Hall–Kier alpha value is -1.89. The van der Waals surface area contributed by atoms with Crippen molar-refractivity contribution in [1.29, 1.82) is 0 Å². The topological polar surface area (TPSA) is 58.4 Å². The summed E-state index contributed by atoms with van der Waals surface area (Å²) < 4.78 is 1.29. The summed E-state index contributed by atoms with van der Waals surface area (Å²) in [6.07, 6.45) is 1.37. The Morgan fingerprint density at radius 3 is 2.37 bits per heavy atom. The summed E-state index contributed by atoms with van der Waals surface area (Å²) in [6.45, 7) is 6.75. The molecule has 2 heterocycles. The molecule has 1 aromatic heterocycles. The molecule has 1 aromatic carbocycles. The summed E-state index contributed by atoms with van der Waals surface area (Å²) in [5.74, 6) is 0.109. The lowest BCUT2D eigenvalue weighted by molar-refractivity contribution is -0.138. The predicted octanol–water partition coefficient (Wildman–Crippen LogP) is 2.63. The van der Waals surface area contributed by atoms with Gasteiger partial charge >= 0.3 is 0 Å². The van der Waals surface area contributed by atoms with E-state index in [-0.39, 0.29) is 16.0 Å². The maximum atomic E-state index is 13.0. The molecule has 27 heavy (non-hydrogen) atoms. The minimum absolute atomic E-state index is 0.0231. The van der Waals surface area contributed by atoms with Gasteiger partial charge in [0.15, 0.2) is 0 Å². The number of hydrogen-bond donors (Lipinski definition) is 0. The molecule has 0 radical (unpaired) electrons. The Bertz CT molecular complexity index is 875. The van der Waals surface area contributed by atoms with Crippen LogP contribution in [0.3, 0.4) is 0 Å². The molecule has 8 heteroatoms. The van der Waals surface area contributed by atoms with Crippen molar-refractivity contribution in [3.63, 3.8) is 0 Å². The fourth-order valence-electron chi connectivity index (χ4n) is 3.20. The smallest absolute Gasteiger partial charge is 0.288 e. The molecule has 0 unspecified atom stereocenters. The zero-order valence-electron chi connectivity index (χ0n) is 15.4. The first-order valence-corrected chi connectivity index (χ1v) is 9.54. The van der Waals surface area contributed by atoms with E-state index in [9.17, 15) is 9.59 Å². The van der Waals surface area contributed by atoms with E-state index in [1.165, 1.54) is 10.9 Å². The quantitative estimate of drug-likeness (QED) is 0.779. The molecule has 1 fully saturated rings. The van der Waals surface area contributed by atoms with Crippen LogP contribution in [0.5, 0.6) is 0 Å². The first-order chi connectivity index (χ1) is 12.8. The number of amides is 1. The maximum Gasteiger partial charge on any atom is 0.288 e. The third-order valence-electron chi connectivity index (χ3n) is 4.97. The van der Waals surface area contributed by atoms with Crippen molar-refractivity contribution in [3.8, 4) is 0 Å². The average molecular weight is 409 g/mol. The molecular formula is C19H22Cl2N4O2. The Labute approximate surface area is 168 Å². The van der Waals surface area contributed by atoms with Crippen molar-refractivity contribution in [3.05, 3.63) is 62.5 Å². The van der Waals surface area contributed by atoms with Crippen LogP contribution in [-0.2, 0) is 16.9 Å². The van der Waals surface area contributed by atoms with Crippen molar-refractivity contribution in [2.24, 2.45) is 0 Å². The summed E-state index contributed by atoms with van der Waals surface area (Å²) >= 11 is 11.7. The number of piperazine rings is 1. The first kappa shape index (κ1) is 19.9. The Balaban J connectivity index is 1.63. The molecule has 1 saturated heterocycles. The number of hydrogen-bond acceptors (Lipinski definition) is 4. The standard InChI is InChI=1S/C19H22Cl2N4O2/c1-19(2,14-6-4-3-5-7-14)18(27)24-10-8-23(9-11-24)13-25-17(26)16(21)15(20)12-22-25/h3-7,12H,8-11,13H2,1-2H3. The molecule has 1 amide bonds. The molecule has 0 aliphatic carbocycles. The average Bonchev–Trinajstić information content (AvgIpc) is 2.69. The summed E-state index contributed by atoms with van der Waals surface area (Å²) in [6, 6.07) is 9.81. The molecule has 1 aliphatic heterocycles. The van der Waals surface area contributed by atoms with Gasteiger partial charge in [-0.15, -0.1) is 0 Å². The zero-order valence-corrected chi connectivity index (χ0v) is 16.9. The van der Waals surface area contributed by atoms with Crippen LogP contribution in [0.1, 0.15) is 19.4 Å². The number of aromatic nitrogens is 2. The van der Waals surface area contributed by atoms with Crippen molar-refractivity contribution in [2.45, 2.75) is 25.9 Å². The highest BCUT2D eigenvalue weighted by molar-refractivity contribution is 6.41. The lowest BCUT2D eigenvalue weighted by Gasteiger charge is -2.38. The normalized spacial score (nSPS) is 15.8. The predicted molar refractivity (Wildman–Crippen MR) is 106 cm³/mol. The van der Waals surface area contributed by atoms with E-state index in [0.717, 1.165) is 5.56 Å². The van der Waals surface area contributed by atoms with E-state index >= 15 is 0 Å². The summed E-state index contributed by atoms with van der Waals surface area (Å²) in [5, 5.41) is 4.16. The van der Waals surface area contributed by atoms with Gasteiger partial charge in [0.1, 0.15) is 5.02 Å². The number of carbonyl (C=O) groups is 1. The SMILES string of the molecule is CC(C)(C(=O)N1CCN(Cn2ncc(Cl)c(Cl)c2=O)CC1)c1ccccc1. The van der Waals surface area contributed by atoms with Crippen LogP contribution in [0.2, 0.25) is 10.0 Å². The monoisotopic (exact) mass is 408 g/mol. The van der Waals surface area contributed by atoms with Crippen molar-refractivity contribution in [2.75, 3.05) is 26.2 Å². The van der Waals surface area contributed by atoms with Crippen molar-refractivity contribution in [1.82, 2.24) is 19.6 Å². The van der Waals surface area contributed by atoms with Crippen LogP contribution < -0.4 is 5.56 Å². The van der Waals surface area contributed by atoms with Crippen LogP contribution in [0.4, 0.5) is 0 Å². The van der Waals surface area contributed by atoms with Gasteiger partial charge in [-0.1, -0.05) is 53.5 Å². The van der Waals surface area contributed by atoms with Gasteiger partial charge < -0.3 is 4.90 Å². The van der Waals surface area contributed by atoms with Crippen LogP contribution in [0.15, 0.2) is 41.3 Å². The van der Waals surface area contributed by atoms with Gasteiger partial charge in [-0.2, -0.15) is 5.10 Å². The highest BCUT2D eigenvalue weighted by Gasteiger charge is 2.35. The second-order valence-electron chi connectivity index (χ2n) is 7.15. The second-order valence-corrected chi connectivity index (χ2v) is 7.94. The molecule has 0 atom stereocenters. The fraction of sp³-hybridized carbons (Fsp3) is 0.421. The summed E-state index contributed by atoms with van der Waals surface area (Å²) in [4.78, 5) is 29.1. The van der Waals surface area contributed by atoms with E-state index in [4.69, 9.17) is 23.2 Å². The van der Waals surface area contributed by atoms with Gasteiger partial charge in [0.2, 0.25) is 5.91 Å². The third kappa shape index (κ3) is 4.18. The molecule has 0 bridgehead atoms. The zero-order chi connectivity index (χ0) is 19.6. The minimum atomic E-state index is -0.578. The molecule has 0 saturated carbocycles. The third-order valence-corrected chi connectivity index (χ3v) is 5.71. The number of carbonyl (C=O) groups excluding carboxylic acids is 1. The first-order valence-electron chi connectivity index (χ1n) is 8.79. The largest absolute Gasteiger partial charge is 0.339 e. The molecule has 3 rings (SSSR count).